The number of terminal acetylenes is 1. The van der Waals surface area contributed by atoms with Crippen molar-refractivity contribution in [2.75, 3.05) is 5.32 Å². The summed E-state index contributed by atoms with van der Waals surface area (Å²) in [6.45, 7) is 8.65. The van der Waals surface area contributed by atoms with E-state index in [9.17, 15) is 9.90 Å². The average Bonchev–Trinajstić information content (AvgIpc) is 2.93. The fraction of sp³-hybridized carbons (Fsp3) is 0.412. The summed E-state index contributed by atoms with van der Waals surface area (Å²) in [5.41, 5.74) is 0.175. The molecule has 1 rings (SSSR count). The molecular formula is C17H24N2O3. The molecule has 0 aliphatic heterocycles. The van der Waals surface area contributed by atoms with E-state index in [4.69, 9.17) is 4.52 Å². The van der Waals surface area contributed by atoms with Crippen LogP contribution < -0.4 is 5.32 Å². The van der Waals surface area contributed by atoms with Gasteiger partial charge in [-0.2, -0.15) is 0 Å². The number of aromatic nitrogens is 1. The van der Waals surface area contributed by atoms with Crippen LogP contribution in [0, 0.1) is 12.3 Å². The molecule has 0 aliphatic rings. The normalized spacial score (nSPS) is 13.8. The van der Waals surface area contributed by atoms with Crippen molar-refractivity contribution in [1.29, 1.82) is 0 Å². The Hall–Kier alpha value is -2.32. The predicted molar refractivity (Wildman–Crippen MR) is 89.0 cm³/mol. The topological polar surface area (TPSA) is 75.4 Å². The van der Waals surface area contributed by atoms with Crippen LogP contribution in [0.3, 0.4) is 0 Å². The molecule has 2 N–H and O–H groups in total. The lowest BCUT2D eigenvalue weighted by Crippen LogP contribution is -2.39. The molecule has 0 fully saturated rings. The third kappa shape index (κ3) is 5.98. The number of amides is 1. The number of nitrogens with zero attached hydrogens (tertiary/aromatic N) is 1. The quantitative estimate of drug-likeness (QED) is 0.646. The predicted octanol–water partition coefficient (Wildman–Crippen LogP) is 3.39. The van der Waals surface area contributed by atoms with Gasteiger partial charge in [-0.1, -0.05) is 30.3 Å². The van der Waals surface area contributed by atoms with Crippen molar-refractivity contribution < 1.29 is 14.4 Å². The van der Waals surface area contributed by atoms with Gasteiger partial charge in [-0.25, -0.2) is 0 Å². The third-order valence-corrected chi connectivity index (χ3v) is 2.94. The number of hydrogen-bond donors (Lipinski definition) is 2. The maximum Gasteiger partial charge on any atom is 0.258 e. The van der Waals surface area contributed by atoms with Crippen molar-refractivity contribution in [3.8, 4) is 12.3 Å². The lowest BCUT2D eigenvalue weighted by Gasteiger charge is -2.19. The van der Waals surface area contributed by atoms with E-state index in [1.165, 1.54) is 13.1 Å². The molecule has 0 radical (unpaired) electrons. The van der Waals surface area contributed by atoms with E-state index in [0.717, 1.165) is 5.57 Å². The van der Waals surface area contributed by atoms with Crippen LogP contribution in [-0.2, 0) is 4.79 Å². The average molecular weight is 304 g/mol. The summed E-state index contributed by atoms with van der Waals surface area (Å²) in [5, 5.41) is 16.1. The van der Waals surface area contributed by atoms with Crippen LogP contribution >= 0.6 is 0 Å². The molecule has 0 aromatic carbocycles. The summed E-state index contributed by atoms with van der Waals surface area (Å²) in [5.74, 6) is 1.99. The molecule has 0 bridgehead atoms. The summed E-state index contributed by atoms with van der Waals surface area (Å²) in [6, 6.07) is 0. The molecule has 1 amide bonds. The Kier molecular flexibility index (Phi) is 8.58. The van der Waals surface area contributed by atoms with Crippen LogP contribution in [0.15, 0.2) is 28.9 Å². The number of aliphatic hydroxyl groups is 1. The second kappa shape index (κ2) is 9.59. The molecule has 5 heteroatoms. The highest BCUT2D eigenvalue weighted by molar-refractivity contribution is 5.97. The molecule has 1 aromatic heterocycles. The molecule has 0 spiro atoms. The van der Waals surface area contributed by atoms with Gasteiger partial charge in [-0.05, 0) is 39.7 Å². The van der Waals surface area contributed by atoms with Gasteiger partial charge in [0, 0.05) is 0 Å². The number of hydrogen-bond acceptors (Lipinski definition) is 4. The first-order valence-electron chi connectivity index (χ1n) is 6.99. The number of nitrogens with one attached hydrogen (secondary N) is 1. The summed E-state index contributed by atoms with van der Waals surface area (Å²) < 4.78 is 5.02. The molecule has 1 aromatic rings. The van der Waals surface area contributed by atoms with Crippen LogP contribution in [0.1, 0.15) is 46.6 Å². The van der Waals surface area contributed by atoms with Crippen molar-refractivity contribution in [3.05, 3.63) is 30.0 Å². The summed E-state index contributed by atoms with van der Waals surface area (Å²) in [6.07, 6.45) is 12.1. The Bertz CT molecular complexity index is 575. The highest BCUT2D eigenvalue weighted by Gasteiger charge is 2.29. The molecular weight excluding hydrogens is 280 g/mol. The molecule has 5 nitrogen and oxygen atoms in total. The zero-order valence-electron chi connectivity index (χ0n) is 13.8. The van der Waals surface area contributed by atoms with Gasteiger partial charge in [-0.3, -0.25) is 10.1 Å². The maximum atomic E-state index is 11.9. The zero-order chi connectivity index (χ0) is 17.2. The van der Waals surface area contributed by atoms with Gasteiger partial charge in [0.1, 0.15) is 5.60 Å². The van der Waals surface area contributed by atoms with Crippen molar-refractivity contribution in [1.82, 2.24) is 5.16 Å². The standard InChI is InChI=1S/C14H20N2O3.C3H4/c1-5-7-8-10(3)11-9-15-19-12(11)16-13(17)14(4,18)6-2;1-3-2/h5,7-9,18H,6H2,1-4H3,(H,16,17);1H,2H3/b7-5-,10-8+;. The van der Waals surface area contributed by atoms with Crippen molar-refractivity contribution >= 4 is 17.4 Å². The first-order valence-corrected chi connectivity index (χ1v) is 6.99. The van der Waals surface area contributed by atoms with E-state index in [-0.39, 0.29) is 5.88 Å². The lowest BCUT2D eigenvalue weighted by molar-refractivity contribution is -0.132. The van der Waals surface area contributed by atoms with Crippen LogP contribution in [-0.4, -0.2) is 21.8 Å². The van der Waals surface area contributed by atoms with Gasteiger partial charge in [0.2, 0.25) is 5.88 Å². The fourth-order valence-electron chi connectivity index (χ4n) is 1.34. The minimum Gasteiger partial charge on any atom is -0.380 e. The monoisotopic (exact) mass is 304 g/mol. The van der Waals surface area contributed by atoms with E-state index >= 15 is 0 Å². The van der Waals surface area contributed by atoms with Crippen LogP contribution in [0.4, 0.5) is 5.88 Å². The molecule has 0 saturated heterocycles. The minimum atomic E-state index is -1.43. The number of anilines is 1. The number of carbonyl (C=O) groups excluding carboxylic acids is 1. The number of carbonyl (C=O) groups is 1. The van der Waals surface area contributed by atoms with Gasteiger partial charge >= 0.3 is 0 Å². The van der Waals surface area contributed by atoms with Crippen LogP contribution in [0.5, 0.6) is 0 Å². The molecule has 1 unspecified atom stereocenters. The minimum absolute atomic E-state index is 0.247. The Morgan fingerprint density at radius 2 is 2.23 bits per heavy atom. The summed E-state index contributed by atoms with van der Waals surface area (Å²) in [7, 11) is 0. The lowest BCUT2D eigenvalue weighted by atomic mass is 10.0. The van der Waals surface area contributed by atoms with E-state index in [2.05, 4.69) is 22.8 Å². The SMILES string of the molecule is C#CC.C/C=C\C=C(/C)c1cnoc1NC(=O)C(C)(O)CC. The van der Waals surface area contributed by atoms with Crippen molar-refractivity contribution in [3.63, 3.8) is 0 Å². The summed E-state index contributed by atoms with van der Waals surface area (Å²) in [4.78, 5) is 11.9. The zero-order valence-corrected chi connectivity index (χ0v) is 13.8. The second-order valence-corrected chi connectivity index (χ2v) is 4.81. The Morgan fingerprint density at radius 1 is 1.64 bits per heavy atom. The highest BCUT2D eigenvalue weighted by Crippen LogP contribution is 2.24. The largest absolute Gasteiger partial charge is 0.380 e. The van der Waals surface area contributed by atoms with E-state index < -0.39 is 11.5 Å². The van der Waals surface area contributed by atoms with Crippen molar-refractivity contribution in [2.45, 2.75) is 46.6 Å². The maximum absolute atomic E-state index is 11.9. The number of allylic oxidation sites excluding steroid dienone is 4. The molecule has 22 heavy (non-hydrogen) atoms. The van der Waals surface area contributed by atoms with Gasteiger partial charge in [-0.15, -0.1) is 12.3 Å². The van der Waals surface area contributed by atoms with Crippen molar-refractivity contribution in [2.24, 2.45) is 0 Å². The van der Waals surface area contributed by atoms with Crippen LogP contribution in [0.2, 0.25) is 0 Å². The first kappa shape index (κ1) is 19.7. The van der Waals surface area contributed by atoms with E-state index in [1.54, 1.807) is 13.8 Å². The third-order valence-electron chi connectivity index (χ3n) is 2.94. The molecule has 0 saturated carbocycles. The Balaban J connectivity index is 0.00000135. The van der Waals surface area contributed by atoms with E-state index in [1.807, 2.05) is 32.1 Å². The molecule has 1 atom stereocenters. The first-order chi connectivity index (χ1) is 10.3. The van der Waals surface area contributed by atoms with Gasteiger partial charge in [0.05, 0.1) is 11.8 Å². The second-order valence-electron chi connectivity index (χ2n) is 4.81. The van der Waals surface area contributed by atoms with Gasteiger partial charge in [0.15, 0.2) is 0 Å². The van der Waals surface area contributed by atoms with Gasteiger partial charge in [0.25, 0.3) is 5.91 Å². The number of rotatable bonds is 5. The van der Waals surface area contributed by atoms with Crippen LogP contribution in [0.25, 0.3) is 5.57 Å². The Labute approximate surface area is 132 Å². The molecule has 1 heterocycles. The molecule has 120 valence electrons. The highest BCUT2D eigenvalue weighted by atomic mass is 16.5. The fourth-order valence-corrected chi connectivity index (χ4v) is 1.34. The van der Waals surface area contributed by atoms with E-state index in [0.29, 0.717) is 12.0 Å². The smallest absolute Gasteiger partial charge is 0.258 e. The summed E-state index contributed by atoms with van der Waals surface area (Å²) >= 11 is 0. The van der Waals surface area contributed by atoms with Gasteiger partial charge < -0.3 is 9.63 Å². The molecule has 0 aliphatic carbocycles. The Morgan fingerprint density at radius 3 is 2.73 bits per heavy atom.